The van der Waals surface area contributed by atoms with Crippen molar-refractivity contribution in [2.45, 2.75) is 12.5 Å². The van der Waals surface area contributed by atoms with E-state index in [-0.39, 0.29) is 18.4 Å². The van der Waals surface area contributed by atoms with Gasteiger partial charge in [-0.25, -0.2) is 0 Å². The van der Waals surface area contributed by atoms with Crippen LogP contribution in [0.5, 0.6) is 0 Å². The molecule has 0 unspecified atom stereocenters. The number of benzene rings is 1. The first-order valence-corrected chi connectivity index (χ1v) is 8.06. The molecule has 0 spiro atoms. The molecule has 1 atom stereocenters. The second kappa shape index (κ2) is 6.13. The maximum absolute atomic E-state index is 12.9. The van der Waals surface area contributed by atoms with Gasteiger partial charge in [0.2, 0.25) is 5.91 Å². The van der Waals surface area contributed by atoms with Crippen molar-refractivity contribution in [2.24, 2.45) is 7.05 Å². The molecule has 0 saturated carbocycles. The van der Waals surface area contributed by atoms with E-state index in [1.54, 1.807) is 0 Å². The van der Waals surface area contributed by atoms with Gasteiger partial charge in [-0.3, -0.25) is 4.79 Å². The SMILES string of the molecule is Cn1cccc1[C@H]1COCCN1C(=O)Cc1noc2ccccc12. The van der Waals surface area contributed by atoms with Crippen LogP contribution >= 0.6 is 0 Å². The molecule has 1 saturated heterocycles. The van der Waals surface area contributed by atoms with Crippen LogP contribution in [0.25, 0.3) is 11.0 Å². The molecule has 1 amide bonds. The number of aryl methyl sites for hydroxylation is 1. The van der Waals surface area contributed by atoms with Gasteiger partial charge in [0.25, 0.3) is 0 Å². The summed E-state index contributed by atoms with van der Waals surface area (Å²) in [6.45, 7) is 1.67. The Morgan fingerprint density at radius 2 is 2.17 bits per heavy atom. The van der Waals surface area contributed by atoms with Gasteiger partial charge in [0.1, 0.15) is 5.69 Å². The number of carbonyl (C=O) groups is 1. The summed E-state index contributed by atoms with van der Waals surface area (Å²) in [5.74, 6) is 0.0450. The van der Waals surface area contributed by atoms with Gasteiger partial charge in [0, 0.05) is 30.9 Å². The fourth-order valence-corrected chi connectivity index (χ4v) is 3.28. The number of carbonyl (C=O) groups excluding carboxylic acids is 1. The van der Waals surface area contributed by atoms with Crippen molar-refractivity contribution in [3.63, 3.8) is 0 Å². The van der Waals surface area contributed by atoms with E-state index < -0.39 is 0 Å². The Kier molecular flexibility index (Phi) is 3.82. The Hall–Kier alpha value is -2.60. The first-order chi connectivity index (χ1) is 11.7. The largest absolute Gasteiger partial charge is 0.377 e. The van der Waals surface area contributed by atoms with E-state index in [4.69, 9.17) is 9.26 Å². The summed E-state index contributed by atoms with van der Waals surface area (Å²) in [4.78, 5) is 14.8. The van der Waals surface area contributed by atoms with Crippen LogP contribution in [-0.4, -0.2) is 40.3 Å². The third-order valence-corrected chi connectivity index (χ3v) is 4.54. The first-order valence-electron chi connectivity index (χ1n) is 8.06. The smallest absolute Gasteiger partial charge is 0.229 e. The molecule has 0 bridgehead atoms. The summed E-state index contributed by atoms with van der Waals surface area (Å²) < 4.78 is 12.9. The summed E-state index contributed by atoms with van der Waals surface area (Å²) in [5.41, 5.74) is 2.47. The van der Waals surface area contributed by atoms with Crippen LogP contribution in [0, 0.1) is 0 Å². The Morgan fingerprint density at radius 3 is 3.00 bits per heavy atom. The van der Waals surface area contributed by atoms with Crippen LogP contribution in [0.4, 0.5) is 0 Å². The Balaban J connectivity index is 1.59. The minimum atomic E-state index is -0.0654. The van der Waals surface area contributed by atoms with Gasteiger partial charge >= 0.3 is 0 Å². The van der Waals surface area contributed by atoms with Crippen LogP contribution in [0.1, 0.15) is 17.4 Å². The molecular formula is C18H19N3O3. The molecule has 1 aliphatic heterocycles. The summed E-state index contributed by atoms with van der Waals surface area (Å²) in [5, 5.41) is 4.97. The molecule has 1 aromatic carbocycles. The van der Waals surface area contributed by atoms with Crippen molar-refractivity contribution in [3.05, 3.63) is 54.0 Å². The summed E-state index contributed by atoms with van der Waals surface area (Å²) in [7, 11) is 1.98. The minimum Gasteiger partial charge on any atom is -0.377 e. The molecule has 6 heteroatoms. The molecule has 0 N–H and O–H groups in total. The highest BCUT2D eigenvalue weighted by Gasteiger charge is 2.30. The molecular weight excluding hydrogens is 306 g/mol. The van der Waals surface area contributed by atoms with E-state index in [9.17, 15) is 4.79 Å². The third-order valence-electron chi connectivity index (χ3n) is 4.54. The first kappa shape index (κ1) is 15.0. The standard InChI is InChI=1S/C18H19N3O3/c1-20-8-4-6-15(20)16-12-23-10-9-21(16)18(22)11-14-13-5-2-3-7-17(13)24-19-14/h2-8,16H,9-12H2,1H3/t16-/m1/s1. The van der Waals surface area contributed by atoms with Crippen LogP contribution in [0.15, 0.2) is 47.1 Å². The number of amides is 1. The van der Waals surface area contributed by atoms with E-state index >= 15 is 0 Å². The average molecular weight is 325 g/mol. The molecule has 3 aromatic rings. The number of para-hydroxylation sites is 1. The van der Waals surface area contributed by atoms with Crippen LogP contribution < -0.4 is 0 Å². The van der Waals surface area contributed by atoms with Crippen LogP contribution in [0.2, 0.25) is 0 Å². The summed E-state index contributed by atoms with van der Waals surface area (Å²) in [6.07, 6.45) is 2.22. The predicted octanol–water partition coefficient (Wildman–Crippen LogP) is 2.31. The lowest BCUT2D eigenvalue weighted by Crippen LogP contribution is -2.44. The van der Waals surface area contributed by atoms with Crippen molar-refractivity contribution in [2.75, 3.05) is 19.8 Å². The molecule has 3 heterocycles. The lowest BCUT2D eigenvalue weighted by Gasteiger charge is -2.36. The average Bonchev–Trinajstić information content (AvgIpc) is 3.21. The van der Waals surface area contributed by atoms with Gasteiger partial charge < -0.3 is 18.7 Å². The second-order valence-electron chi connectivity index (χ2n) is 6.02. The zero-order chi connectivity index (χ0) is 16.5. The molecule has 124 valence electrons. The molecule has 24 heavy (non-hydrogen) atoms. The van der Waals surface area contributed by atoms with Gasteiger partial charge in [0.05, 0.1) is 25.7 Å². The predicted molar refractivity (Wildman–Crippen MR) is 88.4 cm³/mol. The number of hydrogen-bond donors (Lipinski definition) is 0. The monoisotopic (exact) mass is 325 g/mol. The highest BCUT2D eigenvalue weighted by molar-refractivity contribution is 5.86. The van der Waals surface area contributed by atoms with Crippen LogP contribution in [0.3, 0.4) is 0 Å². The number of fused-ring (bicyclic) bond motifs is 1. The lowest BCUT2D eigenvalue weighted by atomic mass is 10.1. The number of morpholine rings is 1. The fourth-order valence-electron chi connectivity index (χ4n) is 3.28. The maximum Gasteiger partial charge on any atom is 0.229 e. The van der Waals surface area contributed by atoms with Gasteiger partial charge in [-0.1, -0.05) is 17.3 Å². The van der Waals surface area contributed by atoms with Crippen molar-refractivity contribution in [3.8, 4) is 0 Å². The normalized spacial score (nSPS) is 18.2. The van der Waals surface area contributed by atoms with E-state index in [1.807, 2.05) is 59.1 Å². The molecule has 1 fully saturated rings. The highest BCUT2D eigenvalue weighted by atomic mass is 16.5. The van der Waals surface area contributed by atoms with Gasteiger partial charge in [0.15, 0.2) is 5.58 Å². The molecule has 1 aliphatic rings. The van der Waals surface area contributed by atoms with Gasteiger partial charge in [-0.05, 0) is 24.3 Å². The Morgan fingerprint density at radius 1 is 1.29 bits per heavy atom. The Labute approximate surface area is 139 Å². The van der Waals surface area contributed by atoms with E-state index in [1.165, 1.54) is 0 Å². The van der Waals surface area contributed by atoms with Crippen molar-refractivity contribution in [1.82, 2.24) is 14.6 Å². The zero-order valence-corrected chi connectivity index (χ0v) is 13.5. The fraction of sp³-hybridized carbons (Fsp3) is 0.333. The van der Waals surface area contributed by atoms with E-state index in [2.05, 4.69) is 5.16 Å². The minimum absolute atomic E-state index is 0.0450. The molecule has 0 radical (unpaired) electrons. The lowest BCUT2D eigenvalue weighted by molar-refractivity contribution is -0.139. The molecule has 0 aliphatic carbocycles. The number of ether oxygens (including phenoxy) is 1. The summed E-state index contributed by atoms with van der Waals surface area (Å²) >= 11 is 0. The van der Waals surface area contributed by atoms with Crippen LogP contribution in [-0.2, 0) is 23.0 Å². The topological polar surface area (TPSA) is 60.5 Å². The number of aromatic nitrogens is 2. The number of rotatable bonds is 3. The van der Waals surface area contributed by atoms with E-state index in [0.717, 1.165) is 11.1 Å². The second-order valence-corrected chi connectivity index (χ2v) is 6.02. The highest BCUT2D eigenvalue weighted by Crippen LogP contribution is 2.26. The quantitative estimate of drug-likeness (QED) is 0.741. The van der Waals surface area contributed by atoms with Crippen molar-refractivity contribution >= 4 is 16.9 Å². The number of hydrogen-bond acceptors (Lipinski definition) is 4. The van der Waals surface area contributed by atoms with E-state index in [0.29, 0.717) is 31.0 Å². The van der Waals surface area contributed by atoms with Gasteiger partial charge in [-0.15, -0.1) is 0 Å². The summed E-state index contributed by atoms with van der Waals surface area (Å²) in [6, 6.07) is 11.6. The van der Waals surface area contributed by atoms with Crippen molar-refractivity contribution < 1.29 is 14.1 Å². The molecule has 2 aromatic heterocycles. The van der Waals surface area contributed by atoms with Gasteiger partial charge in [-0.2, -0.15) is 0 Å². The zero-order valence-electron chi connectivity index (χ0n) is 13.5. The number of nitrogens with zero attached hydrogens (tertiary/aromatic N) is 3. The molecule has 4 rings (SSSR count). The maximum atomic E-state index is 12.9. The molecule has 6 nitrogen and oxygen atoms in total. The Bertz CT molecular complexity index is 867. The van der Waals surface area contributed by atoms with Crippen molar-refractivity contribution in [1.29, 1.82) is 0 Å². The third kappa shape index (κ3) is 2.59.